The third kappa shape index (κ3) is 3.55. The highest BCUT2D eigenvalue weighted by Crippen LogP contribution is 2.18. The highest BCUT2D eigenvalue weighted by Gasteiger charge is 2.03. The first-order valence-electron chi connectivity index (χ1n) is 4.73. The van der Waals surface area contributed by atoms with E-state index in [1.54, 1.807) is 12.0 Å². The van der Waals surface area contributed by atoms with Gasteiger partial charge in [0.2, 0.25) is 6.41 Å². The summed E-state index contributed by atoms with van der Waals surface area (Å²) in [5.74, 6) is 0.796. The molecular formula is C11H14BrNO2. The Morgan fingerprint density at radius 2 is 2.07 bits per heavy atom. The Morgan fingerprint density at radius 3 is 2.53 bits per heavy atom. The number of rotatable bonds is 6. The van der Waals surface area contributed by atoms with Crippen molar-refractivity contribution in [1.29, 1.82) is 0 Å². The lowest BCUT2D eigenvalue weighted by molar-refractivity contribution is -0.107. The average molecular weight is 272 g/mol. The number of ether oxygens (including phenoxy) is 1. The summed E-state index contributed by atoms with van der Waals surface area (Å²) in [7, 11) is 1.62. The Balaban J connectivity index is 2.69. The van der Waals surface area contributed by atoms with Crippen LogP contribution in [0.15, 0.2) is 24.3 Å². The van der Waals surface area contributed by atoms with Gasteiger partial charge in [-0.25, -0.2) is 0 Å². The van der Waals surface area contributed by atoms with Crippen LogP contribution in [0.25, 0.3) is 0 Å². The van der Waals surface area contributed by atoms with Crippen molar-refractivity contribution >= 4 is 28.0 Å². The molecule has 0 aliphatic rings. The van der Waals surface area contributed by atoms with Crippen molar-refractivity contribution in [3.05, 3.63) is 24.3 Å². The second-order valence-electron chi connectivity index (χ2n) is 3.04. The van der Waals surface area contributed by atoms with E-state index >= 15 is 0 Å². The van der Waals surface area contributed by atoms with E-state index in [4.69, 9.17) is 4.74 Å². The number of benzene rings is 1. The summed E-state index contributed by atoms with van der Waals surface area (Å²) in [6, 6.07) is 7.45. The van der Waals surface area contributed by atoms with Gasteiger partial charge in [0, 0.05) is 17.6 Å². The van der Waals surface area contributed by atoms with Crippen LogP contribution in [0.5, 0.6) is 5.75 Å². The summed E-state index contributed by atoms with van der Waals surface area (Å²) in [6.45, 7) is 0.723. The molecule has 0 heterocycles. The van der Waals surface area contributed by atoms with Gasteiger partial charge in [0.1, 0.15) is 5.75 Å². The van der Waals surface area contributed by atoms with Crippen LogP contribution in [-0.4, -0.2) is 25.4 Å². The predicted molar refractivity (Wildman–Crippen MR) is 64.8 cm³/mol. The van der Waals surface area contributed by atoms with Crippen molar-refractivity contribution < 1.29 is 9.53 Å². The van der Waals surface area contributed by atoms with Crippen molar-refractivity contribution in [1.82, 2.24) is 0 Å². The molecule has 0 N–H and O–H groups in total. The molecule has 0 radical (unpaired) electrons. The molecule has 0 saturated carbocycles. The monoisotopic (exact) mass is 271 g/mol. The molecule has 0 atom stereocenters. The molecule has 0 saturated heterocycles. The van der Waals surface area contributed by atoms with Crippen LogP contribution < -0.4 is 9.64 Å². The van der Waals surface area contributed by atoms with Crippen molar-refractivity contribution in [3.63, 3.8) is 0 Å². The van der Waals surface area contributed by atoms with Crippen LogP contribution in [0, 0.1) is 0 Å². The minimum atomic E-state index is 0.723. The number of amides is 1. The van der Waals surface area contributed by atoms with Gasteiger partial charge < -0.3 is 9.64 Å². The highest BCUT2D eigenvalue weighted by atomic mass is 79.9. The van der Waals surface area contributed by atoms with E-state index in [0.29, 0.717) is 0 Å². The SMILES string of the molecule is COc1ccc(N(C=O)CCCBr)cc1. The molecule has 0 bridgehead atoms. The van der Waals surface area contributed by atoms with E-state index in [-0.39, 0.29) is 0 Å². The van der Waals surface area contributed by atoms with Gasteiger partial charge in [0.15, 0.2) is 0 Å². The zero-order chi connectivity index (χ0) is 11.1. The van der Waals surface area contributed by atoms with Crippen LogP contribution in [0.3, 0.4) is 0 Å². The van der Waals surface area contributed by atoms with E-state index in [0.717, 1.165) is 36.1 Å². The van der Waals surface area contributed by atoms with E-state index < -0.39 is 0 Å². The number of carbonyl (C=O) groups excluding carboxylic acids is 1. The molecule has 0 aromatic heterocycles. The maximum Gasteiger partial charge on any atom is 0.214 e. The molecule has 82 valence electrons. The molecule has 0 fully saturated rings. The topological polar surface area (TPSA) is 29.5 Å². The zero-order valence-electron chi connectivity index (χ0n) is 8.65. The average Bonchev–Trinajstić information content (AvgIpc) is 2.31. The van der Waals surface area contributed by atoms with Crippen LogP contribution >= 0.6 is 15.9 Å². The molecule has 15 heavy (non-hydrogen) atoms. The normalized spacial score (nSPS) is 9.73. The number of hydrogen-bond acceptors (Lipinski definition) is 2. The van der Waals surface area contributed by atoms with Gasteiger partial charge in [-0.3, -0.25) is 4.79 Å². The second-order valence-corrected chi connectivity index (χ2v) is 3.83. The number of methoxy groups -OCH3 is 1. The minimum absolute atomic E-state index is 0.723. The van der Waals surface area contributed by atoms with Gasteiger partial charge in [-0.2, -0.15) is 0 Å². The number of hydrogen-bond donors (Lipinski definition) is 0. The standard InChI is InChI=1S/C11H14BrNO2/c1-15-11-5-3-10(4-6-11)13(9-14)8-2-7-12/h3-6,9H,2,7-8H2,1H3. The lowest BCUT2D eigenvalue weighted by Crippen LogP contribution is -2.22. The van der Waals surface area contributed by atoms with Crippen molar-refractivity contribution in [3.8, 4) is 5.75 Å². The third-order valence-corrected chi connectivity index (χ3v) is 2.62. The molecule has 1 aromatic rings. The molecule has 0 unspecified atom stereocenters. The fraction of sp³-hybridized carbons (Fsp3) is 0.364. The summed E-state index contributed by atoms with van der Waals surface area (Å²) in [6.07, 6.45) is 1.79. The first-order chi connectivity index (χ1) is 7.31. The number of halogens is 1. The quantitative estimate of drug-likeness (QED) is 0.588. The van der Waals surface area contributed by atoms with Gasteiger partial charge in [-0.1, -0.05) is 15.9 Å². The Hall–Kier alpha value is -1.03. The summed E-state index contributed by atoms with van der Waals surface area (Å²) in [5, 5.41) is 0.896. The fourth-order valence-electron chi connectivity index (χ4n) is 1.25. The number of carbonyl (C=O) groups is 1. The first kappa shape index (κ1) is 12.0. The molecule has 0 spiro atoms. The number of nitrogens with zero attached hydrogens (tertiary/aromatic N) is 1. The van der Waals surface area contributed by atoms with E-state index in [9.17, 15) is 4.79 Å². The van der Waals surface area contributed by atoms with Crippen molar-refractivity contribution in [2.45, 2.75) is 6.42 Å². The molecule has 3 nitrogen and oxygen atoms in total. The lowest BCUT2D eigenvalue weighted by atomic mass is 10.2. The Morgan fingerprint density at radius 1 is 1.40 bits per heavy atom. The number of anilines is 1. The summed E-state index contributed by atoms with van der Waals surface area (Å²) < 4.78 is 5.05. The third-order valence-electron chi connectivity index (χ3n) is 2.06. The zero-order valence-corrected chi connectivity index (χ0v) is 10.2. The second kappa shape index (κ2) is 6.45. The summed E-state index contributed by atoms with van der Waals surface area (Å²) >= 11 is 3.34. The first-order valence-corrected chi connectivity index (χ1v) is 5.86. The summed E-state index contributed by atoms with van der Waals surface area (Å²) in [4.78, 5) is 12.5. The van der Waals surface area contributed by atoms with Crippen molar-refractivity contribution in [2.24, 2.45) is 0 Å². The molecule has 0 aliphatic heterocycles. The van der Waals surface area contributed by atoms with Gasteiger partial charge >= 0.3 is 0 Å². The van der Waals surface area contributed by atoms with Crippen LogP contribution in [0.4, 0.5) is 5.69 Å². The largest absolute Gasteiger partial charge is 0.497 e. The Labute approximate surface area is 98.2 Å². The Kier molecular flexibility index (Phi) is 5.18. The van der Waals surface area contributed by atoms with Gasteiger partial charge in [-0.05, 0) is 30.7 Å². The molecule has 4 heteroatoms. The molecule has 1 aromatic carbocycles. The van der Waals surface area contributed by atoms with E-state index in [1.807, 2.05) is 24.3 Å². The minimum Gasteiger partial charge on any atom is -0.497 e. The van der Waals surface area contributed by atoms with Crippen LogP contribution in [0.1, 0.15) is 6.42 Å². The van der Waals surface area contributed by atoms with Crippen LogP contribution in [0.2, 0.25) is 0 Å². The molecule has 1 rings (SSSR count). The maximum absolute atomic E-state index is 10.8. The van der Waals surface area contributed by atoms with Gasteiger partial charge in [-0.15, -0.1) is 0 Å². The fourth-order valence-corrected chi connectivity index (χ4v) is 1.50. The maximum atomic E-state index is 10.8. The lowest BCUT2D eigenvalue weighted by Gasteiger charge is -2.16. The van der Waals surface area contributed by atoms with Crippen LogP contribution in [-0.2, 0) is 4.79 Å². The van der Waals surface area contributed by atoms with E-state index in [2.05, 4.69) is 15.9 Å². The van der Waals surface area contributed by atoms with Gasteiger partial charge in [0.25, 0.3) is 0 Å². The number of alkyl halides is 1. The van der Waals surface area contributed by atoms with Crippen molar-refractivity contribution in [2.75, 3.05) is 23.9 Å². The predicted octanol–water partition coefficient (Wildman–Crippen LogP) is 2.44. The van der Waals surface area contributed by atoms with Gasteiger partial charge in [0.05, 0.1) is 7.11 Å². The molecular weight excluding hydrogens is 258 g/mol. The summed E-state index contributed by atoms with van der Waals surface area (Å²) in [5.41, 5.74) is 0.895. The van der Waals surface area contributed by atoms with E-state index in [1.165, 1.54) is 0 Å². The molecule has 1 amide bonds. The smallest absolute Gasteiger partial charge is 0.214 e. The highest BCUT2D eigenvalue weighted by molar-refractivity contribution is 9.09. The Bertz CT molecular complexity index is 300. The molecule has 0 aliphatic carbocycles.